The number of nitrogens with zero attached hydrogens (tertiary/aromatic N) is 4. The number of benzene rings is 1. The highest BCUT2D eigenvalue weighted by Crippen LogP contribution is 2.37. The number of nitrogens with one attached hydrogen (secondary N) is 1. The van der Waals surface area contributed by atoms with E-state index >= 15 is 0 Å². The van der Waals surface area contributed by atoms with Crippen LogP contribution in [0.25, 0.3) is 21.1 Å². The molecule has 1 unspecified atom stereocenters. The summed E-state index contributed by atoms with van der Waals surface area (Å²) >= 11 is 1.57. The van der Waals surface area contributed by atoms with Gasteiger partial charge in [-0.25, -0.2) is 4.98 Å². The highest BCUT2D eigenvalue weighted by Gasteiger charge is 2.23. The Morgan fingerprint density at radius 1 is 1.32 bits per heavy atom. The summed E-state index contributed by atoms with van der Waals surface area (Å²) in [6.07, 6.45) is 5.45. The molecule has 0 saturated heterocycles. The van der Waals surface area contributed by atoms with Crippen molar-refractivity contribution in [2.24, 2.45) is 10.2 Å². The normalized spacial score (nSPS) is 15.0. The fourth-order valence-corrected chi connectivity index (χ4v) is 5.39. The first-order valence-electron chi connectivity index (χ1n) is 10.2. The summed E-state index contributed by atoms with van der Waals surface area (Å²) in [4.78, 5) is 35.2. The Morgan fingerprint density at radius 3 is 2.97 bits per heavy atom. The second-order valence-electron chi connectivity index (χ2n) is 7.88. The van der Waals surface area contributed by atoms with Crippen LogP contribution in [0.2, 0.25) is 0 Å². The third-order valence-corrected chi connectivity index (χ3v) is 7.12. The van der Waals surface area contributed by atoms with Gasteiger partial charge in [0.15, 0.2) is 5.69 Å². The van der Waals surface area contributed by atoms with Gasteiger partial charge in [-0.05, 0) is 50.7 Å². The summed E-state index contributed by atoms with van der Waals surface area (Å²) in [5, 5.41) is 19.3. The van der Waals surface area contributed by atoms with Crippen molar-refractivity contribution in [2.75, 3.05) is 0 Å². The van der Waals surface area contributed by atoms with Crippen LogP contribution in [0.1, 0.15) is 41.8 Å². The van der Waals surface area contributed by atoms with Gasteiger partial charge in [0.25, 0.3) is 11.5 Å². The van der Waals surface area contributed by atoms with Gasteiger partial charge in [-0.3, -0.25) is 14.2 Å². The first kappa shape index (κ1) is 19.6. The van der Waals surface area contributed by atoms with Crippen molar-refractivity contribution >= 4 is 44.1 Å². The molecule has 1 aromatic carbocycles. The number of carbonyl (C=O) groups excluding carboxylic acids is 1. The molecule has 2 N–H and O–H groups in total. The first-order valence-corrected chi connectivity index (χ1v) is 11.0. The topological polar surface area (TPSA) is 113 Å². The summed E-state index contributed by atoms with van der Waals surface area (Å²) in [5.41, 5.74) is 2.75. The molecule has 0 saturated carbocycles. The Balaban J connectivity index is 1.49. The Kier molecular flexibility index (Phi) is 4.70. The smallest absolute Gasteiger partial charge is 0.287 e. The van der Waals surface area contributed by atoms with Gasteiger partial charge in [0.2, 0.25) is 5.88 Å². The largest absolute Gasteiger partial charge is 0.493 e. The molecule has 158 valence electrons. The van der Waals surface area contributed by atoms with Crippen LogP contribution in [0.5, 0.6) is 5.88 Å². The maximum absolute atomic E-state index is 13.2. The van der Waals surface area contributed by atoms with E-state index in [1.807, 2.05) is 19.1 Å². The van der Waals surface area contributed by atoms with E-state index in [1.165, 1.54) is 15.8 Å². The number of hydrogen-bond acceptors (Lipinski definition) is 6. The molecule has 0 spiro atoms. The molecule has 3 aromatic heterocycles. The van der Waals surface area contributed by atoms with Gasteiger partial charge in [-0.15, -0.1) is 21.6 Å². The highest BCUT2D eigenvalue weighted by atomic mass is 32.1. The van der Waals surface area contributed by atoms with Gasteiger partial charge < -0.3 is 10.1 Å². The lowest BCUT2D eigenvalue weighted by Gasteiger charge is -2.12. The third kappa shape index (κ3) is 3.16. The lowest BCUT2D eigenvalue weighted by atomic mass is 9.97. The number of azo groups is 1. The van der Waals surface area contributed by atoms with Crippen molar-refractivity contribution in [3.05, 3.63) is 50.9 Å². The van der Waals surface area contributed by atoms with E-state index in [0.29, 0.717) is 10.8 Å². The molecule has 9 heteroatoms. The predicted octanol–water partition coefficient (Wildman–Crippen LogP) is 4.70. The highest BCUT2D eigenvalue weighted by molar-refractivity contribution is 7.18. The molecule has 4 aromatic rings. The molecule has 5 rings (SSSR count). The number of rotatable bonds is 3. The third-order valence-electron chi connectivity index (χ3n) is 5.92. The molecule has 1 aliphatic carbocycles. The van der Waals surface area contributed by atoms with Crippen LogP contribution in [0.3, 0.4) is 0 Å². The van der Waals surface area contributed by atoms with Crippen molar-refractivity contribution in [3.8, 4) is 5.88 Å². The van der Waals surface area contributed by atoms with Crippen LogP contribution in [0, 0.1) is 6.92 Å². The van der Waals surface area contributed by atoms with Crippen LogP contribution in [-0.2, 0) is 17.6 Å². The molecule has 1 amide bonds. The van der Waals surface area contributed by atoms with Crippen molar-refractivity contribution in [1.29, 1.82) is 0 Å². The van der Waals surface area contributed by atoms with E-state index < -0.39 is 11.9 Å². The summed E-state index contributed by atoms with van der Waals surface area (Å²) in [5.74, 6) is -0.743. The fourth-order valence-electron chi connectivity index (χ4n) is 4.17. The van der Waals surface area contributed by atoms with Crippen molar-refractivity contribution in [1.82, 2.24) is 14.5 Å². The van der Waals surface area contributed by atoms with E-state index in [1.54, 1.807) is 24.3 Å². The zero-order valence-electron chi connectivity index (χ0n) is 17.2. The van der Waals surface area contributed by atoms with Crippen LogP contribution in [0.15, 0.2) is 39.5 Å². The average molecular weight is 436 g/mol. The number of aromatic nitrogens is 3. The molecule has 0 aliphatic heterocycles. The lowest BCUT2D eigenvalue weighted by molar-refractivity contribution is -0.121. The Bertz CT molecular complexity index is 1430. The van der Waals surface area contributed by atoms with E-state index in [0.717, 1.165) is 47.2 Å². The molecule has 0 radical (unpaired) electrons. The zero-order valence-corrected chi connectivity index (χ0v) is 18.0. The Labute approximate surface area is 181 Å². The second-order valence-corrected chi connectivity index (χ2v) is 8.97. The van der Waals surface area contributed by atoms with Crippen molar-refractivity contribution in [3.63, 3.8) is 0 Å². The van der Waals surface area contributed by atoms with E-state index in [2.05, 4.69) is 20.2 Å². The van der Waals surface area contributed by atoms with Crippen LogP contribution < -0.4 is 5.56 Å². The number of carbonyl (C=O) groups is 1. The molecule has 8 nitrogen and oxygen atoms in total. The number of aromatic amines is 1. The molecule has 0 bridgehead atoms. The van der Waals surface area contributed by atoms with E-state index in [-0.39, 0.29) is 17.1 Å². The number of thiophene rings is 1. The summed E-state index contributed by atoms with van der Waals surface area (Å²) in [7, 11) is 0. The Morgan fingerprint density at radius 2 is 2.13 bits per heavy atom. The number of fused-ring (bicyclic) bond motifs is 4. The molecular weight excluding hydrogens is 414 g/mol. The van der Waals surface area contributed by atoms with Gasteiger partial charge >= 0.3 is 0 Å². The second kappa shape index (κ2) is 7.42. The minimum atomic E-state index is -0.860. The molecule has 31 heavy (non-hydrogen) atoms. The number of hydrogen-bond donors (Lipinski definition) is 2. The number of aromatic hydroxyl groups is 1. The minimum absolute atomic E-state index is 0.154. The summed E-state index contributed by atoms with van der Waals surface area (Å²) in [6.45, 7) is 3.51. The van der Waals surface area contributed by atoms with Crippen molar-refractivity contribution in [2.45, 2.75) is 45.6 Å². The molecule has 3 heterocycles. The maximum Gasteiger partial charge on any atom is 0.287 e. The van der Waals surface area contributed by atoms with E-state index in [9.17, 15) is 14.7 Å². The number of amides is 1. The van der Waals surface area contributed by atoms with E-state index in [4.69, 9.17) is 0 Å². The average Bonchev–Trinajstić information content (AvgIpc) is 3.30. The molecule has 1 aliphatic rings. The van der Waals surface area contributed by atoms with Gasteiger partial charge in [-0.2, -0.15) is 0 Å². The summed E-state index contributed by atoms with van der Waals surface area (Å²) in [6, 6.07) is 4.69. The molecule has 0 fully saturated rings. The zero-order chi connectivity index (χ0) is 21.7. The number of H-pyrrole nitrogens is 1. The maximum atomic E-state index is 13.2. The number of aryl methyl sites for hydroxylation is 3. The van der Waals surface area contributed by atoms with Crippen molar-refractivity contribution < 1.29 is 9.90 Å². The fraction of sp³-hybridized carbons (Fsp3) is 0.318. The SMILES string of the molecule is Cc1cccc2c(N=NC(=O)C(C)n3cnc4sc5c(c4c3=O)CCCC5)c(O)[nH]c12. The van der Waals surface area contributed by atoms with Gasteiger partial charge in [0.05, 0.1) is 17.2 Å². The Hall–Kier alpha value is -3.33. The predicted molar refractivity (Wildman–Crippen MR) is 119 cm³/mol. The van der Waals surface area contributed by atoms with Crippen LogP contribution in [0.4, 0.5) is 5.69 Å². The standard InChI is InChI=1S/C22H21N5O3S/c1-11-6-5-8-14-17(11)24-20(29)18(14)25-26-19(28)12(2)27-10-23-21-16(22(27)30)13-7-3-4-9-15(13)31-21/h5-6,8,10,12,24,29H,3-4,7,9H2,1-2H3. The quantitative estimate of drug-likeness (QED) is 0.454. The van der Waals surface area contributed by atoms with Crippen LogP contribution >= 0.6 is 11.3 Å². The van der Waals surface area contributed by atoms with Gasteiger partial charge in [0, 0.05) is 10.3 Å². The lowest BCUT2D eigenvalue weighted by Crippen LogP contribution is -2.27. The first-order chi connectivity index (χ1) is 15.0. The molecular formula is C22H21N5O3S. The van der Waals surface area contributed by atoms with Gasteiger partial charge in [0.1, 0.15) is 10.9 Å². The minimum Gasteiger partial charge on any atom is -0.493 e. The monoisotopic (exact) mass is 435 g/mol. The number of para-hydroxylation sites is 1. The molecule has 1 atom stereocenters. The summed E-state index contributed by atoms with van der Waals surface area (Å²) < 4.78 is 1.32. The van der Waals surface area contributed by atoms with Gasteiger partial charge in [-0.1, -0.05) is 18.2 Å². The van der Waals surface area contributed by atoms with Crippen LogP contribution in [-0.4, -0.2) is 25.5 Å².